The number of hydrogen-bond donors (Lipinski definition) is 1. The van der Waals surface area contributed by atoms with Crippen LogP contribution in [0, 0.1) is 29.1 Å². The Kier molecular flexibility index (Phi) is 7.89. The van der Waals surface area contributed by atoms with Crippen LogP contribution in [0.3, 0.4) is 0 Å². The quantitative estimate of drug-likeness (QED) is 0.546. The highest BCUT2D eigenvalue weighted by Crippen LogP contribution is 2.40. The van der Waals surface area contributed by atoms with Gasteiger partial charge in [0.25, 0.3) is 0 Å². The zero-order chi connectivity index (χ0) is 16.8. The molecule has 1 N–H and O–H groups in total. The molecule has 0 heterocycles. The highest BCUT2D eigenvalue weighted by Gasteiger charge is 2.31. The summed E-state index contributed by atoms with van der Waals surface area (Å²) >= 11 is 0. The molecule has 0 spiro atoms. The van der Waals surface area contributed by atoms with Crippen LogP contribution < -0.4 is 0 Å². The van der Waals surface area contributed by atoms with Gasteiger partial charge in [-0.05, 0) is 42.9 Å². The van der Waals surface area contributed by atoms with Crippen molar-refractivity contribution in [2.24, 2.45) is 29.1 Å². The predicted molar refractivity (Wildman–Crippen MR) is 97.8 cm³/mol. The Hall–Kier alpha value is -0.560. The van der Waals surface area contributed by atoms with Gasteiger partial charge in [0.15, 0.2) is 0 Å². The highest BCUT2D eigenvalue weighted by atomic mass is 16.3. The Morgan fingerprint density at radius 2 is 2.00 bits per heavy atom. The monoisotopic (exact) mass is 306 g/mol. The summed E-state index contributed by atoms with van der Waals surface area (Å²) in [6.07, 6.45) is 13.4. The van der Waals surface area contributed by atoms with Gasteiger partial charge in [-0.1, -0.05) is 72.1 Å². The summed E-state index contributed by atoms with van der Waals surface area (Å²) in [4.78, 5) is 0. The third-order valence-electron chi connectivity index (χ3n) is 5.77. The fourth-order valence-electron chi connectivity index (χ4n) is 4.00. The first-order valence-electron chi connectivity index (χ1n) is 9.34. The molecular weight excluding hydrogens is 268 g/mol. The first-order valence-corrected chi connectivity index (χ1v) is 9.34. The molecule has 0 amide bonds. The number of aliphatic hydroxyl groups excluding tert-OH is 1. The smallest absolute Gasteiger partial charge is 0.0806 e. The Labute approximate surface area is 138 Å². The molecule has 5 atom stereocenters. The second-order valence-electron chi connectivity index (χ2n) is 8.14. The molecule has 0 aromatic heterocycles. The predicted octanol–water partition coefficient (Wildman–Crippen LogP) is 5.99. The maximum Gasteiger partial charge on any atom is 0.0806 e. The first kappa shape index (κ1) is 19.5. The van der Waals surface area contributed by atoms with Crippen molar-refractivity contribution in [2.45, 2.75) is 79.2 Å². The van der Waals surface area contributed by atoms with Crippen LogP contribution in [0.2, 0.25) is 0 Å². The van der Waals surface area contributed by atoms with E-state index in [4.69, 9.17) is 0 Å². The van der Waals surface area contributed by atoms with Crippen LogP contribution in [0.15, 0.2) is 24.8 Å². The molecule has 0 aliphatic heterocycles. The van der Waals surface area contributed by atoms with Gasteiger partial charge in [-0.15, -0.1) is 6.58 Å². The molecular formula is C21H38O. The van der Waals surface area contributed by atoms with Gasteiger partial charge in [0.05, 0.1) is 6.10 Å². The van der Waals surface area contributed by atoms with E-state index in [0.29, 0.717) is 5.92 Å². The molecule has 0 aromatic rings. The van der Waals surface area contributed by atoms with E-state index in [1.54, 1.807) is 6.08 Å². The average molecular weight is 307 g/mol. The second-order valence-corrected chi connectivity index (χ2v) is 8.14. The fourth-order valence-corrected chi connectivity index (χ4v) is 4.00. The molecule has 1 heteroatoms. The summed E-state index contributed by atoms with van der Waals surface area (Å²) < 4.78 is 0. The van der Waals surface area contributed by atoms with E-state index in [9.17, 15) is 5.11 Å². The zero-order valence-electron chi connectivity index (χ0n) is 15.5. The van der Waals surface area contributed by atoms with Crippen LogP contribution in [-0.2, 0) is 0 Å². The number of unbranched alkanes of at least 4 members (excludes halogenated alkanes) is 1. The van der Waals surface area contributed by atoms with Crippen LogP contribution in [0.4, 0.5) is 0 Å². The molecule has 1 unspecified atom stereocenters. The van der Waals surface area contributed by atoms with E-state index in [1.807, 2.05) is 0 Å². The molecule has 128 valence electrons. The molecule has 0 saturated heterocycles. The van der Waals surface area contributed by atoms with Gasteiger partial charge in [-0.25, -0.2) is 0 Å². The number of aliphatic hydroxyl groups is 1. The SMILES string of the molecule is C=CC(O)[C@@](C)(/C=C/[C@@H]1C[C@H](C)CC[C@H]1C(C)C)CCCC. The third-order valence-corrected chi connectivity index (χ3v) is 5.77. The normalized spacial score (nSPS) is 30.4. The number of allylic oxidation sites excluding steroid dienone is 1. The van der Waals surface area contributed by atoms with E-state index >= 15 is 0 Å². The van der Waals surface area contributed by atoms with E-state index in [0.717, 1.165) is 30.6 Å². The lowest BCUT2D eigenvalue weighted by molar-refractivity contribution is 0.102. The minimum Gasteiger partial charge on any atom is -0.388 e. The van der Waals surface area contributed by atoms with Crippen molar-refractivity contribution in [1.29, 1.82) is 0 Å². The van der Waals surface area contributed by atoms with Crippen LogP contribution in [0.5, 0.6) is 0 Å². The van der Waals surface area contributed by atoms with Crippen molar-refractivity contribution in [3.63, 3.8) is 0 Å². The number of hydrogen-bond acceptors (Lipinski definition) is 1. The van der Waals surface area contributed by atoms with Crippen LogP contribution in [-0.4, -0.2) is 11.2 Å². The van der Waals surface area contributed by atoms with Gasteiger partial charge in [0.2, 0.25) is 0 Å². The topological polar surface area (TPSA) is 20.2 Å². The maximum atomic E-state index is 10.4. The van der Waals surface area contributed by atoms with Crippen LogP contribution in [0.25, 0.3) is 0 Å². The Bertz CT molecular complexity index is 357. The van der Waals surface area contributed by atoms with Gasteiger partial charge < -0.3 is 5.11 Å². The van der Waals surface area contributed by atoms with Gasteiger partial charge in [-0.3, -0.25) is 0 Å². The Morgan fingerprint density at radius 1 is 1.32 bits per heavy atom. The Morgan fingerprint density at radius 3 is 2.55 bits per heavy atom. The summed E-state index contributed by atoms with van der Waals surface area (Å²) in [6.45, 7) is 15.3. The summed E-state index contributed by atoms with van der Waals surface area (Å²) in [5, 5.41) is 10.4. The van der Waals surface area contributed by atoms with Crippen molar-refractivity contribution < 1.29 is 5.11 Å². The fraction of sp³-hybridized carbons (Fsp3) is 0.810. The van der Waals surface area contributed by atoms with Crippen molar-refractivity contribution in [1.82, 2.24) is 0 Å². The van der Waals surface area contributed by atoms with E-state index in [2.05, 4.69) is 53.3 Å². The zero-order valence-corrected chi connectivity index (χ0v) is 15.5. The summed E-state index contributed by atoms with van der Waals surface area (Å²) in [5.74, 6) is 3.04. The lowest BCUT2D eigenvalue weighted by atomic mass is 9.69. The molecule has 22 heavy (non-hydrogen) atoms. The lowest BCUT2D eigenvalue weighted by Crippen LogP contribution is -2.30. The first-order chi connectivity index (χ1) is 10.3. The van der Waals surface area contributed by atoms with Crippen molar-refractivity contribution in [2.75, 3.05) is 0 Å². The molecule has 1 aliphatic carbocycles. The largest absolute Gasteiger partial charge is 0.388 e. The molecule has 1 saturated carbocycles. The molecule has 0 aromatic carbocycles. The molecule has 1 rings (SSSR count). The van der Waals surface area contributed by atoms with E-state index < -0.39 is 6.10 Å². The highest BCUT2D eigenvalue weighted by molar-refractivity contribution is 5.08. The van der Waals surface area contributed by atoms with Gasteiger partial charge in [0.1, 0.15) is 0 Å². The van der Waals surface area contributed by atoms with E-state index in [1.165, 1.54) is 25.7 Å². The summed E-state index contributed by atoms with van der Waals surface area (Å²) in [7, 11) is 0. The Balaban J connectivity index is 2.88. The van der Waals surface area contributed by atoms with Gasteiger partial charge in [0, 0.05) is 5.41 Å². The van der Waals surface area contributed by atoms with Gasteiger partial charge in [-0.2, -0.15) is 0 Å². The molecule has 1 nitrogen and oxygen atoms in total. The van der Waals surface area contributed by atoms with Gasteiger partial charge >= 0.3 is 0 Å². The molecule has 1 fully saturated rings. The third kappa shape index (κ3) is 5.26. The second kappa shape index (κ2) is 8.91. The van der Waals surface area contributed by atoms with Crippen molar-refractivity contribution in [3.05, 3.63) is 24.8 Å². The van der Waals surface area contributed by atoms with Crippen molar-refractivity contribution in [3.8, 4) is 0 Å². The minimum atomic E-state index is -0.450. The minimum absolute atomic E-state index is 0.167. The molecule has 1 aliphatic rings. The maximum absolute atomic E-state index is 10.4. The van der Waals surface area contributed by atoms with Crippen LogP contribution in [0.1, 0.15) is 73.1 Å². The molecule has 0 radical (unpaired) electrons. The summed E-state index contributed by atoms with van der Waals surface area (Å²) in [6, 6.07) is 0. The number of rotatable bonds is 8. The van der Waals surface area contributed by atoms with E-state index in [-0.39, 0.29) is 5.41 Å². The lowest BCUT2D eigenvalue weighted by Gasteiger charge is -2.37. The standard InChI is InChI=1S/C21H38O/c1-7-9-13-21(6,20(22)8-2)14-12-18-15-17(5)10-11-19(18)16(3)4/h8,12,14,16-20,22H,2,7,9-11,13,15H2,1,3-6H3/b14-12+/t17-,18-,19+,20?,21-/m1/s1. The summed E-state index contributed by atoms with van der Waals surface area (Å²) in [5.41, 5.74) is -0.167. The average Bonchev–Trinajstić information content (AvgIpc) is 2.49. The van der Waals surface area contributed by atoms with Crippen molar-refractivity contribution >= 4 is 0 Å². The van der Waals surface area contributed by atoms with Crippen LogP contribution >= 0.6 is 0 Å². The molecule has 0 bridgehead atoms.